The summed E-state index contributed by atoms with van der Waals surface area (Å²) in [6, 6.07) is 7.01. The zero-order chi connectivity index (χ0) is 16.2. The van der Waals surface area contributed by atoms with E-state index >= 15 is 0 Å². The van der Waals surface area contributed by atoms with Crippen molar-refractivity contribution in [2.75, 3.05) is 0 Å². The van der Waals surface area contributed by atoms with Crippen molar-refractivity contribution in [3.63, 3.8) is 0 Å². The summed E-state index contributed by atoms with van der Waals surface area (Å²) in [7, 11) is -1.82. The van der Waals surface area contributed by atoms with Crippen LogP contribution in [0.15, 0.2) is 24.3 Å². The summed E-state index contributed by atoms with van der Waals surface area (Å²) >= 11 is 0. The van der Waals surface area contributed by atoms with E-state index in [1.165, 1.54) is 0 Å². The van der Waals surface area contributed by atoms with E-state index in [9.17, 15) is 9.90 Å². The SMILES string of the molecule is CC(C)[Si](C#Cc1ccccc1C(=O)O)(C(C)C)C(C)C. The third-order valence-corrected chi connectivity index (χ3v) is 10.7. The van der Waals surface area contributed by atoms with E-state index in [-0.39, 0.29) is 0 Å². The molecule has 21 heavy (non-hydrogen) atoms. The van der Waals surface area contributed by atoms with Gasteiger partial charge in [-0.25, -0.2) is 4.79 Å². The van der Waals surface area contributed by atoms with Crippen LogP contribution >= 0.6 is 0 Å². The van der Waals surface area contributed by atoms with Crippen LogP contribution < -0.4 is 0 Å². The molecule has 0 heterocycles. The van der Waals surface area contributed by atoms with Crippen molar-refractivity contribution in [3.8, 4) is 11.5 Å². The van der Waals surface area contributed by atoms with Crippen LogP contribution in [0.4, 0.5) is 0 Å². The Morgan fingerprint density at radius 2 is 1.48 bits per heavy atom. The molecule has 1 N–H and O–H groups in total. The van der Waals surface area contributed by atoms with Crippen LogP contribution in [0.3, 0.4) is 0 Å². The lowest BCUT2D eigenvalue weighted by molar-refractivity contribution is 0.0696. The van der Waals surface area contributed by atoms with Gasteiger partial charge in [0.25, 0.3) is 0 Å². The van der Waals surface area contributed by atoms with Gasteiger partial charge in [-0.3, -0.25) is 0 Å². The summed E-state index contributed by atoms with van der Waals surface area (Å²) in [6.45, 7) is 13.5. The van der Waals surface area contributed by atoms with Crippen LogP contribution in [0.25, 0.3) is 0 Å². The molecule has 0 aliphatic heterocycles. The van der Waals surface area contributed by atoms with E-state index in [0.717, 1.165) is 0 Å². The molecule has 0 radical (unpaired) electrons. The predicted molar refractivity (Wildman–Crippen MR) is 91.3 cm³/mol. The van der Waals surface area contributed by atoms with Gasteiger partial charge in [-0.1, -0.05) is 59.6 Å². The quantitative estimate of drug-likeness (QED) is 0.631. The molecule has 1 aromatic carbocycles. The van der Waals surface area contributed by atoms with Crippen LogP contribution in [-0.2, 0) is 0 Å². The summed E-state index contributed by atoms with van der Waals surface area (Å²) < 4.78 is 0. The van der Waals surface area contributed by atoms with E-state index in [0.29, 0.717) is 27.8 Å². The summed E-state index contributed by atoms with van der Waals surface area (Å²) in [5.74, 6) is 2.30. The summed E-state index contributed by atoms with van der Waals surface area (Å²) in [4.78, 5) is 11.3. The number of hydrogen-bond donors (Lipinski definition) is 1. The molecule has 2 nitrogen and oxygen atoms in total. The first-order valence-corrected chi connectivity index (χ1v) is 9.82. The van der Waals surface area contributed by atoms with Gasteiger partial charge >= 0.3 is 5.97 Å². The van der Waals surface area contributed by atoms with E-state index in [1.807, 2.05) is 6.07 Å². The Morgan fingerprint density at radius 3 is 1.90 bits per heavy atom. The Morgan fingerprint density at radius 1 is 1.00 bits per heavy atom. The van der Waals surface area contributed by atoms with Crippen molar-refractivity contribution < 1.29 is 9.90 Å². The summed E-state index contributed by atoms with van der Waals surface area (Å²) in [5.41, 5.74) is 6.12. The number of benzene rings is 1. The highest BCUT2D eigenvalue weighted by atomic mass is 28.3. The molecule has 0 aliphatic carbocycles. The Kier molecular flexibility index (Phi) is 5.80. The minimum Gasteiger partial charge on any atom is -0.478 e. The maximum atomic E-state index is 11.3. The van der Waals surface area contributed by atoms with E-state index in [1.54, 1.807) is 18.2 Å². The highest BCUT2D eigenvalue weighted by Crippen LogP contribution is 2.40. The summed E-state index contributed by atoms with van der Waals surface area (Å²) in [5, 5.41) is 9.27. The number of hydrogen-bond acceptors (Lipinski definition) is 1. The largest absolute Gasteiger partial charge is 0.478 e. The fourth-order valence-corrected chi connectivity index (χ4v) is 8.60. The predicted octanol–water partition coefficient (Wildman–Crippen LogP) is 4.95. The monoisotopic (exact) mass is 302 g/mol. The Labute approximate surface area is 129 Å². The maximum absolute atomic E-state index is 11.3. The number of carboxylic acid groups (broad SMARTS) is 1. The fourth-order valence-electron chi connectivity index (χ4n) is 3.39. The molecule has 0 fully saturated rings. The minimum atomic E-state index is -1.82. The number of aromatic carboxylic acids is 1. The van der Waals surface area contributed by atoms with Crippen LogP contribution in [0.5, 0.6) is 0 Å². The molecule has 0 aromatic heterocycles. The fraction of sp³-hybridized carbons (Fsp3) is 0.500. The highest BCUT2D eigenvalue weighted by molar-refractivity contribution is 6.90. The van der Waals surface area contributed by atoms with Crippen molar-refractivity contribution in [3.05, 3.63) is 35.4 Å². The first kappa shape index (κ1) is 17.5. The van der Waals surface area contributed by atoms with Crippen molar-refractivity contribution in [1.82, 2.24) is 0 Å². The van der Waals surface area contributed by atoms with Gasteiger partial charge in [0.05, 0.1) is 5.56 Å². The van der Waals surface area contributed by atoms with E-state index < -0.39 is 14.0 Å². The topological polar surface area (TPSA) is 37.3 Å². The van der Waals surface area contributed by atoms with E-state index in [4.69, 9.17) is 0 Å². The Balaban J connectivity index is 3.39. The number of carboxylic acids is 1. The standard InChI is InChI=1S/C18H26O2Si/c1-13(2)21(14(3)4,15(5)6)12-11-16-9-7-8-10-17(16)18(19)20/h7-10,13-15H,1-6H3,(H,19,20). The second-order valence-electron chi connectivity index (χ2n) is 6.50. The van der Waals surface area contributed by atoms with Gasteiger partial charge < -0.3 is 5.11 Å². The average Bonchev–Trinajstić information content (AvgIpc) is 2.38. The van der Waals surface area contributed by atoms with Gasteiger partial charge in [0.1, 0.15) is 8.07 Å². The summed E-state index contributed by atoms with van der Waals surface area (Å²) in [6.07, 6.45) is 0. The molecule has 0 spiro atoms. The molecule has 1 aromatic rings. The smallest absolute Gasteiger partial charge is 0.336 e. The van der Waals surface area contributed by atoms with Gasteiger partial charge in [-0.2, -0.15) is 0 Å². The maximum Gasteiger partial charge on any atom is 0.336 e. The zero-order valence-electron chi connectivity index (χ0n) is 13.9. The van der Waals surface area contributed by atoms with Gasteiger partial charge in [0.15, 0.2) is 0 Å². The third kappa shape index (κ3) is 3.57. The van der Waals surface area contributed by atoms with Crippen LogP contribution in [0, 0.1) is 11.5 Å². The molecule has 0 saturated heterocycles. The zero-order valence-corrected chi connectivity index (χ0v) is 14.9. The Bertz CT molecular complexity index is 540. The molecule has 0 saturated carbocycles. The van der Waals surface area contributed by atoms with Crippen molar-refractivity contribution >= 4 is 14.0 Å². The van der Waals surface area contributed by atoms with Crippen LogP contribution in [0.1, 0.15) is 57.5 Å². The molecular formula is C18H26O2Si. The highest BCUT2D eigenvalue weighted by Gasteiger charge is 2.41. The molecule has 0 aliphatic rings. The average molecular weight is 302 g/mol. The van der Waals surface area contributed by atoms with Gasteiger partial charge in [0, 0.05) is 5.56 Å². The van der Waals surface area contributed by atoms with Gasteiger partial charge in [-0.05, 0) is 28.8 Å². The van der Waals surface area contributed by atoms with Crippen molar-refractivity contribution in [1.29, 1.82) is 0 Å². The van der Waals surface area contributed by atoms with Gasteiger partial charge in [0.2, 0.25) is 0 Å². The van der Waals surface area contributed by atoms with Crippen LogP contribution in [-0.4, -0.2) is 19.1 Å². The molecule has 0 amide bonds. The molecule has 0 bridgehead atoms. The Hall–Kier alpha value is -1.53. The first-order chi connectivity index (χ1) is 9.73. The third-order valence-electron chi connectivity index (χ3n) is 4.44. The van der Waals surface area contributed by atoms with E-state index in [2.05, 4.69) is 53.0 Å². The number of rotatable bonds is 4. The molecule has 114 valence electrons. The lowest BCUT2D eigenvalue weighted by Crippen LogP contribution is -2.43. The van der Waals surface area contributed by atoms with Crippen molar-refractivity contribution in [2.24, 2.45) is 0 Å². The molecule has 1 rings (SSSR count). The minimum absolute atomic E-state index is 0.296. The second-order valence-corrected chi connectivity index (χ2v) is 12.1. The van der Waals surface area contributed by atoms with Crippen molar-refractivity contribution in [2.45, 2.75) is 58.2 Å². The normalized spacial score (nSPS) is 11.7. The molecule has 0 unspecified atom stereocenters. The van der Waals surface area contributed by atoms with Crippen LogP contribution in [0.2, 0.25) is 16.6 Å². The lowest BCUT2D eigenvalue weighted by atomic mass is 10.1. The van der Waals surface area contributed by atoms with Gasteiger partial charge in [-0.15, -0.1) is 5.54 Å². The number of carbonyl (C=O) groups is 1. The first-order valence-electron chi connectivity index (χ1n) is 7.59. The molecular weight excluding hydrogens is 276 g/mol. The second kappa shape index (κ2) is 6.95. The lowest BCUT2D eigenvalue weighted by Gasteiger charge is -2.38. The molecule has 0 atom stereocenters. The molecule has 3 heteroatoms.